The van der Waals surface area contributed by atoms with Crippen molar-refractivity contribution < 1.29 is 29.0 Å². The van der Waals surface area contributed by atoms with Gasteiger partial charge in [-0.05, 0) is 44.0 Å². The van der Waals surface area contributed by atoms with Crippen LogP contribution in [0.4, 0.5) is 5.13 Å². The van der Waals surface area contributed by atoms with Gasteiger partial charge in [0.2, 0.25) is 0 Å². The average Bonchev–Trinajstić information content (AvgIpc) is 3.49. The molecule has 5 rings (SSSR count). The number of aromatic nitrogens is 1. The Bertz CT molecular complexity index is 1640. The van der Waals surface area contributed by atoms with Crippen LogP contribution in [0, 0.1) is 13.8 Å². The Balaban J connectivity index is 1.61. The van der Waals surface area contributed by atoms with E-state index in [1.807, 2.05) is 49.4 Å². The van der Waals surface area contributed by atoms with Crippen LogP contribution >= 0.6 is 11.3 Å². The third-order valence-electron chi connectivity index (χ3n) is 6.64. The zero-order valence-electron chi connectivity index (χ0n) is 22.8. The monoisotopic (exact) mass is 568 g/mol. The van der Waals surface area contributed by atoms with E-state index in [-0.39, 0.29) is 27.9 Å². The Morgan fingerprint density at radius 1 is 1.00 bits per heavy atom. The number of hydrogen-bond acceptors (Lipinski definition) is 8. The predicted molar refractivity (Wildman–Crippen MR) is 156 cm³/mol. The highest BCUT2D eigenvalue weighted by Gasteiger charge is 2.48. The molecule has 8 nitrogen and oxygen atoms in total. The summed E-state index contributed by atoms with van der Waals surface area (Å²) in [5, 5.41) is 11.5. The quantitative estimate of drug-likeness (QED) is 0.118. The van der Waals surface area contributed by atoms with Crippen LogP contribution in [0.5, 0.6) is 5.75 Å². The number of ether oxygens (including phenoxy) is 2. The maximum atomic E-state index is 13.6. The van der Waals surface area contributed by atoms with E-state index in [2.05, 4.69) is 4.98 Å². The SMILES string of the molecule is CCOC(=O)c1sc(N2C(=O)C(=O)C(=C(O)c3ccc(C)cc3)C2c2cccc(OCc3ccccc3)c2)nc1C. The number of hydrogen-bond donors (Lipinski definition) is 1. The van der Waals surface area contributed by atoms with E-state index in [0.29, 0.717) is 29.2 Å². The first-order valence-electron chi connectivity index (χ1n) is 13.1. The molecule has 41 heavy (non-hydrogen) atoms. The summed E-state index contributed by atoms with van der Waals surface area (Å²) in [6.45, 7) is 5.76. The molecule has 0 radical (unpaired) electrons. The van der Waals surface area contributed by atoms with Crippen molar-refractivity contribution in [3.63, 3.8) is 0 Å². The van der Waals surface area contributed by atoms with Gasteiger partial charge in [-0.25, -0.2) is 9.78 Å². The number of aryl methyl sites for hydroxylation is 2. The minimum Gasteiger partial charge on any atom is -0.507 e. The van der Waals surface area contributed by atoms with Gasteiger partial charge >= 0.3 is 11.9 Å². The molecule has 1 aliphatic rings. The molecule has 0 aliphatic carbocycles. The van der Waals surface area contributed by atoms with Gasteiger partial charge in [-0.1, -0.05) is 83.6 Å². The first-order chi connectivity index (χ1) is 19.8. The highest BCUT2D eigenvalue weighted by atomic mass is 32.1. The summed E-state index contributed by atoms with van der Waals surface area (Å²) < 4.78 is 11.2. The summed E-state index contributed by atoms with van der Waals surface area (Å²) in [5.41, 5.74) is 3.19. The van der Waals surface area contributed by atoms with Gasteiger partial charge < -0.3 is 14.6 Å². The van der Waals surface area contributed by atoms with Gasteiger partial charge in [0.1, 0.15) is 23.0 Å². The molecule has 1 saturated heterocycles. The van der Waals surface area contributed by atoms with Crippen molar-refractivity contribution in [2.24, 2.45) is 0 Å². The number of amides is 1. The maximum Gasteiger partial charge on any atom is 0.350 e. The smallest absolute Gasteiger partial charge is 0.350 e. The second-order valence-electron chi connectivity index (χ2n) is 9.51. The number of thiazole rings is 1. The molecule has 1 fully saturated rings. The van der Waals surface area contributed by atoms with Crippen LogP contribution in [-0.4, -0.2) is 34.4 Å². The van der Waals surface area contributed by atoms with E-state index in [0.717, 1.165) is 22.5 Å². The van der Waals surface area contributed by atoms with Crippen molar-refractivity contribution in [3.05, 3.63) is 117 Å². The third-order valence-corrected chi connectivity index (χ3v) is 7.78. The number of aliphatic hydroxyl groups excluding tert-OH is 1. The minimum absolute atomic E-state index is 0.0791. The van der Waals surface area contributed by atoms with Gasteiger partial charge in [-0.2, -0.15) is 0 Å². The number of nitrogens with zero attached hydrogens (tertiary/aromatic N) is 2. The Kier molecular flexibility index (Phi) is 7.98. The van der Waals surface area contributed by atoms with Gasteiger partial charge in [0, 0.05) is 5.56 Å². The van der Waals surface area contributed by atoms with Crippen LogP contribution in [-0.2, 0) is 20.9 Å². The number of anilines is 1. The van der Waals surface area contributed by atoms with E-state index in [4.69, 9.17) is 9.47 Å². The fourth-order valence-electron chi connectivity index (χ4n) is 4.60. The van der Waals surface area contributed by atoms with Gasteiger partial charge in [0.25, 0.3) is 5.78 Å². The number of aliphatic hydroxyl groups is 1. The first-order valence-corrected chi connectivity index (χ1v) is 13.9. The summed E-state index contributed by atoms with van der Waals surface area (Å²) in [6.07, 6.45) is 0. The summed E-state index contributed by atoms with van der Waals surface area (Å²) in [6, 6.07) is 22.7. The highest BCUT2D eigenvalue weighted by Crippen LogP contribution is 2.44. The molecule has 2 heterocycles. The largest absolute Gasteiger partial charge is 0.507 e. The van der Waals surface area contributed by atoms with Crippen LogP contribution in [0.25, 0.3) is 5.76 Å². The lowest BCUT2D eigenvalue weighted by atomic mass is 9.95. The predicted octanol–water partition coefficient (Wildman–Crippen LogP) is 6.14. The molecular formula is C32H28N2O6S. The van der Waals surface area contributed by atoms with E-state index in [1.165, 1.54) is 4.90 Å². The lowest BCUT2D eigenvalue weighted by molar-refractivity contribution is -0.132. The zero-order valence-corrected chi connectivity index (χ0v) is 23.6. The lowest BCUT2D eigenvalue weighted by Gasteiger charge is -2.23. The van der Waals surface area contributed by atoms with E-state index < -0.39 is 23.7 Å². The molecule has 3 aromatic carbocycles. The molecule has 208 valence electrons. The molecular weight excluding hydrogens is 540 g/mol. The molecule has 0 spiro atoms. The molecule has 4 aromatic rings. The Hall–Kier alpha value is -4.76. The van der Waals surface area contributed by atoms with Crippen LogP contribution in [0.1, 0.15) is 50.6 Å². The molecule has 0 saturated carbocycles. The van der Waals surface area contributed by atoms with E-state index in [1.54, 1.807) is 50.2 Å². The standard InChI is InChI=1S/C32H28N2O6S/c1-4-39-31(38)29-20(3)33-32(41-29)34-26(23-11-8-12-24(17-23)40-18-21-9-6-5-7-10-21)25(28(36)30(34)37)27(35)22-15-13-19(2)14-16-22/h5-17,26,35H,4,18H2,1-3H3. The molecule has 1 amide bonds. The van der Waals surface area contributed by atoms with Crippen molar-refractivity contribution in [3.8, 4) is 5.75 Å². The van der Waals surface area contributed by atoms with Crippen LogP contribution < -0.4 is 9.64 Å². The molecule has 1 atom stereocenters. The first kappa shape index (κ1) is 27.8. The van der Waals surface area contributed by atoms with Crippen LogP contribution in [0.15, 0.2) is 84.4 Å². The maximum absolute atomic E-state index is 13.6. The van der Waals surface area contributed by atoms with Gasteiger partial charge in [0.15, 0.2) is 5.13 Å². The molecule has 1 aliphatic heterocycles. The topological polar surface area (TPSA) is 106 Å². The Morgan fingerprint density at radius 2 is 1.73 bits per heavy atom. The second kappa shape index (κ2) is 11.8. The number of esters is 1. The van der Waals surface area contributed by atoms with Crippen LogP contribution in [0.3, 0.4) is 0 Å². The Morgan fingerprint density at radius 3 is 2.44 bits per heavy atom. The summed E-state index contributed by atoms with van der Waals surface area (Å²) in [5.74, 6) is -2.05. The van der Waals surface area contributed by atoms with Gasteiger partial charge in [-0.15, -0.1) is 0 Å². The molecule has 0 bridgehead atoms. The highest BCUT2D eigenvalue weighted by molar-refractivity contribution is 7.17. The summed E-state index contributed by atoms with van der Waals surface area (Å²) >= 11 is 0.964. The molecule has 1 aromatic heterocycles. The van der Waals surface area contributed by atoms with Crippen molar-refractivity contribution in [1.29, 1.82) is 0 Å². The molecule has 9 heteroatoms. The minimum atomic E-state index is -1.02. The molecule has 1 unspecified atom stereocenters. The fourth-order valence-corrected chi connectivity index (χ4v) is 5.59. The van der Waals surface area contributed by atoms with E-state index in [9.17, 15) is 19.5 Å². The van der Waals surface area contributed by atoms with Gasteiger partial charge in [0.05, 0.1) is 23.9 Å². The number of ketones is 1. The number of Topliss-reactive ketones (excluding diaryl/α,β-unsaturated/α-hetero) is 1. The van der Waals surface area contributed by atoms with Crippen molar-refractivity contribution in [2.75, 3.05) is 11.5 Å². The van der Waals surface area contributed by atoms with E-state index >= 15 is 0 Å². The summed E-state index contributed by atoms with van der Waals surface area (Å²) in [4.78, 5) is 45.5. The lowest BCUT2D eigenvalue weighted by Crippen LogP contribution is -2.29. The Labute approximate surface area is 241 Å². The third kappa shape index (κ3) is 5.62. The van der Waals surface area contributed by atoms with Gasteiger partial charge in [-0.3, -0.25) is 14.5 Å². The molecule has 1 N–H and O–H groups in total. The number of carbonyl (C=O) groups is 3. The zero-order chi connectivity index (χ0) is 29.1. The fraction of sp³-hybridized carbons (Fsp3) is 0.188. The second-order valence-corrected chi connectivity index (χ2v) is 10.5. The summed E-state index contributed by atoms with van der Waals surface area (Å²) in [7, 11) is 0. The average molecular weight is 569 g/mol. The van der Waals surface area contributed by atoms with Crippen molar-refractivity contribution >= 4 is 39.9 Å². The number of rotatable bonds is 8. The number of benzene rings is 3. The number of carbonyl (C=O) groups excluding carboxylic acids is 3. The normalized spacial score (nSPS) is 16.2. The van der Waals surface area contributed by atoms with Crippen LogP contribution in [0.2, 0.25) is 0 Å². The van der Waals surface area contributed by atoms with Crippen molar-refractivity contribution in [1.82, 2.24) is 4.98 Å². The van der Waals surface area contributed by atoms with Crippen molar-refractivity contribution in [2.45, 2.75) is 33.4 Å².